The predicted molar refractivity (Wildman–Crippen MR) is 59.0 cm³/mol. The number of hydrogen-bond acceptors (Lipinski definition) is 6. The molecule has 7 heteroatoms. The number of carboxylic acids is 1. The molecule has 0 heterocycles. The zero-order chi connectivity index (χ0) is 13.9. The Labute approximate surface area is 101 Å². The van der Waals surface area contributed by atoms with E-state index in [4.69, 9.17) is 15.3 Å². The Morgan fingerprint density at radius 3 is 1.72 bits per heavy atom. The van der Waals surface area contributed by atoms with Crippen molar-refractivity contribution >= 4 is 17.5 Å². The van der Waals surface area contributed by atoms with Crippen LogP contribution in [0.1, 0.15) is 20.7 Å². The second-order valence-electron chi connectivity index (χ2n) is 3.47. The zero-order valence-electron chi connectivity index (χ0n) is 9.16. The van der Waals surface area contributed by atoms with Crippen LogP contribution >= 0.6 is 0 Å². The van der Waals surface area contributed by atoms with E-state index in [2.05, 4.69) is 5.73 Å². The van der Waals surface area contributed by atoms with Crippen molar-refractivity contribution in [3.05, 3.63) is 35.4 Å². The lowest BCUT2D eigenvalue weighted by Gasteiger charge is -2.08. The number of ketones is 2. The van der Waals surface area contributed by atoms with Crippen LogP contribution in [0.15, 0.2) is 24.3 Å². The highest BCUT2D eigenvalue weighted by atomic mass is 16.5. The molecule has 0 saturated heterocycles. The van der Waals surface area contributed by atoms with Crippen LogP contribution in [-0.2, 0) is 4.79 Å². The maximum Gasteiger partial charge on any atom is 0.317 e. The van der Waals surface area contributed by atoms with Crippen molar-refractivity contribution in [3.63, 3.8) is 0 Å². The first-order chi connectivity index (χ1) is 8.32. The van der Waals surface area contributed by atoms with Crippen LogP contribution < -0.4 is 5.73 Å². The van der Waals surface area contributed by atoms with Gasteiger partial charge in [-0.1, -0.05) is 24.3 Å². The van der Waals surface area contributed by atoms with E-state index >= 15 is 0 Å². The molecule has 1 aliphatic rings. The predicted octanol–water partition coefficient (Wildman–Crippen LogP) is -1.22. The van der Waals surface area contributed by atoms with Crippen molar-refractivity contribution in [3.8, 4) is 0 Å². The van der Waals surface area contributed by atoms with Crippen LogP contribution in [0.3, 0.4) is 0 Å². The Kier molecular flexibility index (Phi) is 3.92. The minimum atomic E-state index is -2.86. The van der Waals surface area contributed by atoms with Gasteiger partial charge in [-0.25, -0.2) is 0 Å². The fourth-order valence-electron chi connectivity index (χ4n) is 1.36. The molecular formula is C11H11NO6. The first-order valence-corrected chi connectivity index (χ1v) is 4.87. The summed E-state index contributed by atoms with van der Waals surface area (Å²) in [7, 11) is 0. The molecule has 0 saturated carbocycles. The molecule has 1 aromatic rings. The van der Waals surface area contributed by atoms with Gasteiger partial charge in [-0.05, 0) is 0 Å². The van der Waals surface area contributed by atoms with Gasteiger partial charge in [0.15, 0.2) is 0 Å². The summed E-state index contributed by atoms with van der Waals surface area (Å²) >= 11 is 0. The average molecular weight is 253 g/mol. The highest BCUT2D eigenvalue weighted by Gasteiger charge is 2.50. The number of carboxylic acid groups (broad SMARTS) is 1. The Morgan fingerprint density at radius 2 is 1.44 bits per heavy atom. The third-order valence-corrected chi connectivity index (χ3v) is 2.22. The van der Waals surface area contributed by atoms with E-state index in [0.29, 0.717) is 0 Å². The summed E-state index contributed by atoms with van der Waals surface area (Å²) < 4.78 is 0. The summed E-state index contributed by atoms with van der Waals surface area (Å²) in [6.07, 6.45) is 0. The number of carbonyl (C=O) groups is 3. The van der Waals surface area contributed by atoms with E-state index in [1.54, 1.807) is 12.1 Å². The minimum absolute atomic E-state index is 0.0671. The molecule has 1 aliphatic carbocycles. The molecule has 5 N–H and O–H groups in total. The Morgan fingerprint density at radius 1 is 1.11 bits per heavy atom. The van der Waals surface area contributed by atoms with Crippen molar-refractivity contribution in [1.82, 2.24) is 0 Å². The van der Waals surface area contributed by atoms with Crippen LogP contribution in [-0.4, -0.2) is 45.2 Å². The van der Waals surface area contributed by atoms with Gasteiger partial charge in [-0.3, -0.25) is 14.4 Å². The average Bonchev–Trinajstić information content (AvgIpc) is 2.53. The minimum Gasteiger partial charge on any atom is -0.480 e. The molecule has 2 rings (SSSR count). The van der Waals surface area contributed by atoms with Crippen molar-refractivity contribution in [1.29, 1.82) is 0 Å². The normalized spacial score (nSPS) is 15.7. The molecule has 0 atom stereocenters. The Bertz CT molecular complexity index is 471. The first-order valence-electron chi connectivity index (χ1n) is 4.87. The van der Waals surface area contributed by atoms with Gasteiger partial charge in [0.2, 0.25) is 11.6 Å². The lowest BCUT2D eigenvalue weighted by molar-refractivity contribution is -0.135. The molecule has 0 unspecified atom stereocenters. The molecule has 1 aromatic carbocycles. The summed E-state index contributed by atoms with van der Waals surface area (Å²) in [5, 5.41) is 25.8. The summed E-state index contributed by atoms with van der Waals surface area (Å²) in [5.74, 6) is -5.73. The van der Waals surface area contributed by atoms with Crippen LogP contribution in [0.25, 0.3) is 0 Å². The number of hydrogen-bond donors (Lipinski definition) is 4. The van der Waals surface area contributed by atoms with Crippen LogP contribution in [0.2, 0.25) is 0 Å². The van der Waals surface area contributed by atoms with Gasteiger partial charge in [0.05, 0.1) is 6.54 Å². The maximum atomic E-state index is 11.2. The molecule has 0 amide bonds. The van der Waals surface area contributed by atoms with Crippen molar-refractivity contribution in [2.75, 3.05) is 6.54 Å². The third-order valence-electron chi connectivity index (χ3n) is 2.22. The Balaban J connectivity index is 0.000000280. The molecule has 96 valence electrons. The molecule has 7 nitrogen and oxygen atoms in total. The largest absolute Gasteiger partial charge is 0.480 e. The zero-order valence-corrected chi connectivity index (χ0v) is 9.16. The lowest BCUT2D eigenvalue weighted by Crippen LogP contribution is -2.40. The second-order valence-corrected chi connectivity index (χ2v) is 3.47. The fourth-order valence-corrected chi connectivity index (χ4v) is 1.36. The van der Waals surface area contributed by atoms with Gasteiger partial charge in [0, 0.05) is 11.1 Å². The fraction of sp³-hybridized carbons (Fsp3) is 0.182. The van der Waals surface area contributed by atoms with Gasteiger partial charge >= 0.3 is 5.97 Å². The van der Waals surface area contributed by atoms with E-state index in [1.807, 2.05) is 0 Å². The van der Waals surface area contributed by atoms with Crippen molar-refractivity contribution < 1.29 is 29.7 Å². The first kappa shape index (κ1) is 14.0. The third kappa shape index (κ3) is 2.43. The van der Waals surface area contributed by atoms with Gasteiger partial charge in [-0.2, -0.15) is 0 Å². The number of benzene rings is 1. The SMILES string of the molecule is NCC(=O)O.O=C1c2ccccc2C(=O)C1(O)O. The van der Waals surface area contributed by atoms with Gasteiger partial charge < -0.3 is 21.1 Å². The second kappa shape index (κ2) is 5.05. The molecule has 0 fully saturated rings. The van der Waals surface area contributed by atoms with E-state index < -0.39 is 23.3 Å². The molecule has 0 bridgehead atoms. The van der Waals surface area contributed by atoms with Crippen LogP contribution in [0.4, 0.5) is 0 Å². The monoisotopic (exact) mass is 253 g/mol. The van der Waals surface area contributed by atoms with E-state index in [1.165, 1.54) is 12.1 Å². The number of Topliss-reactive ketones (excluding diaryl/α,β-unsaturated/α-hetero) is 2. The molecule has 18 heavy (non-hydrogen) atoms. The highest BCUT2D eigenvalue weighted by molar-refractivity contribution is 6.30. The summed E-state index contributed by atoms with van der Waals surface area (Å²) in [6.45, 7) is -0.278. The number of carbonyl (C=O) groups excluding carboxylic acids is 2. The number of aliphatic hydroxyl groups is 2. The van der Waals surface area contributed by atoms with Crippen molar-refractivity contribution in [2.24, 2.45) is 5.73 Å². The van der Waals surface area contributed by atoms with E-state index in [9.17, 15) is 14.4 Å². The lowest BCUT2D eigenvalue weighted by atomic mass is 10.1. The smallest absolute Gasteiger partial charge is 0.317 e. The van der Waals surface area contributed by atoms with Crippen molar-refractivity contribution in [2.45, 2.75) is 5.79 Å². The molecule has 0 aromatic heterocycles. The van der Waals surface area contributed by atoms with E-state index in [0.717, 1.165) is 0 Å². The summed E-state index contributed by atoms with van der Waals surface area (Å²) in [5.41, 5.74) is 4.71. The Hall–Kier alpha value is -2.09. The van der Waals surface area contributed by atoms with E-state index in [-0.39, 0.29) is 17.7 Å². The summed E-state index contributed by atoms with van der Waals surface area (Å²) in [4.78, 5) is 31.7. The van der Waals surface area contributed by atoms with Crippen LogP contribution in [0, 0.1) is 0 Å². The molecule has 0 aliphatic heterocycles. The topological polar surface area (TPSA) is 138 Å². The van der Waals surface area contributed by atoms with Crippen LogP contribution in [0.5, 0.6) is 0 Å². The number of aliphatic carboxylic acids is 1. The number of nitrogens with two attached hydrogens (primary N) is 1. The van der Waals surface area contributed by atoms with Gasteiger partial charge in [-0.15, -0.1) is 0 Å². The molecular weight excluding hydrogens is 242 g/mol. The van der Waals surface area contributed by atoms with Gasteiger partial charge in [0.1, 0.15) is 0 Å². The highest BCUT2D eigenvalue weighted by Crippen LogP contribution is 2.27. The standard InChI is InChI=1S/C9H6O4.C2H5NO2/c10-7-5-3-1-2-4-6(5)8(11)9(7,12)13;3-1-2(4)5/h1-4,12-13H;1,3H2,(H,4,5). The quantitative estimate of drug-likeness (QED) is 0.363. The maximum absolute atomic E-state index is 11.2. The molecule has 0 spiro atoms. The summed E-state index contributed by atoms with van der Waals surface area (Å²) in [6, 6.07) is 5.91. The van der Waals surface area contributed by atoms with Gasteiger partial charge in [0.25, 0.3) is 5.79 Å². The number of fused-ring (bicyclic) bond motifs is 1. The number of rotatable bonds is 1. The molecule has 0 radical (unpaired) electrons.